The Bertz CT molecular complexity index is 554. The predicted octanol–water partition coefficient (Wildman–Crippen LogP) is 1.80. The number of halogens is 1. The topological polar surface area (TPSA) is 65.2 Å². The summed E-state index contributed by atoms with van der Waals surface area (Å²) in [6.45, 7) is 1.56. The van der Waals surface area contributed by atoms with Crippen LogP contribution in [0, 0.1) is 12.7 Å². The molecule has 0 radical (unpaired) electrons. The van der Waals surface area contributed by atoms with Gasteiger partial charge in [0.1, 0.15) is 5.82 Å². The zero-order valence-corrected chi connectivity index (χ0v) is 9.72. The molecule has 1 heterocycles. The second-order valence-corrected chi connectivity index (χ2v) is 3.66. The van der Waals surface area contributed by atoms with Crippen LogP contribution in [-0.2, 0) is 22.6 Å². The number of esters is 1. The van der Waals surface area contributed by atoms with Crippen molar-refractivity contribution in [2.45, 2.75) is 20.0 Å². The first kappa shape index (κ1) is 12.2. The van der Waals surface area contributed by atoms with Crippen LogP contribution < -0.4 is 0 Å². The molecule has 0 N–H and O–H groups in total. The molecule has 1 aromatic carbocycles. The molecule has 0 aliphatic rings. The van der Waals surface area contributed by atoms with Crippen LogP contribution >= 0.6 is 0 Å². The second kappa shape index (κ2) is 5.39. The van der Waals surface area contributed by atoms with Gasteiger partial charge in [-0.2, -0.15) is 4.98 Å². The molecular formula is C12H11FN2O3. The third-order valence-corrected chi connectivity index (χ3v) is 2.22. The lowest BCUT2D eigenvalue weighted by atomic mass is 10.1. The number of benzene rings is 1. The maximum Gasteiger partial charge on any atom is 0.310 e. The van der Waals surface area contributed by atoms with Gasteiger partial charge in [-0.1, -0.05) is 23.4 Å². The third-order valence-electron chi connectivity index (χ3n) is 2.22. The fraction of sp³-hybridized carbons (Fsp3) is 0.250. The summed E-state index contributed by atoms with van der Waals surface area (Å²) in [6.07, 6.45) is -0.125. The molecule has 0 spiro atoms. The van der Waals surface area contributed by atoms with Crippen molar-refractivity contribution in [1.29, 1.82) is 0 Å². The summed E-state index contributed by atoms with van der Waals surface area (Å²) < 4.78 is 22.9. The minimum Gasteiger partial charge on any atom is -0.455 e. The Morgan fingerprint density at radius 1 is 1.44 bits per heavy atom. The van der Waals surface area contributed by atoms with Crippen molar-refractivity contribution < 1.29 is 18.4 Å². The van der Waals surface area contributed by atoms with Crippen LogP contribution in [-0.4, -0.2) is 16.1 Å². The standard InChI is InChI=1S/C12H11FN2O3/c1-8-14-11(18-15-8)7-17-12(16)6-9-4-2-3-5-10(9)13/h2-5H,6-7H2,1H3. The second-order valence-electron chi connectivity index (χ2n) is 3.66. The number of carbonyl (C=O) groups excluding carboxylic acids is 1. The minimum absolute atomic E-state index is 0.103. The van der Waals surface area contributed by atoms with Crippen LogP contribution in [0.1, 0.15) is 17.3 Å². The van der Waals surface area contributed by atoms with Gasteiger partial charge in [0.05, 0.1) is 6.42 Å². The van der Waals surface area contributed by atoms with Gasteiger partial charge in [-0.15, -0.1) is 0 Å². The number of carbonyl (C=O) groups is 1. The van der Waals surface area contributed by atoms with E-state index in [9.17, 15) is 9.18 Å². The first-order valence-electron chi connectivity index (χ1n) is 5.33. The zero-order chi connectivity index (χ0) is 13.0. The van der Waals surface area contributed by atoms with Gasteiger partial charge in [-0.3, -0.25) is 4.79 Å². The molecule has 0 atom stereocenters. The number of ether oxygens (including phenoxy) is 1. The van der Waals surface area contributed by atoms with Gasteiger partial charge >= 0.3 is 5.97 Å². The third kappa shape index (κ3) is 3.13. The molecule has 94 valence electrons. The van der Waals surface area contributed by atoms with Crippen LogP contribution in [0.3, 0.4) is 0 Å². The summed E-state index contributed by atoms with van der Waals surface area (Å²) in [5.41, 5.74) is 0.296. The van der Waals surface area contributed by atoms with E-state index in [1.54, 1.807) is 19.1 Å². The van der Waals surface area contributed by atoms with E-state index in [0.29, 0.717) is 11.4 Å². The normalized spacial score (nSPS) is 10.3. The van der Waals surface area contributed by atoms with Gasteiger partial charge in [0.25, 0.3) is 5.89 Å². The summed E-state index contributed by atoms with van der Waals surface area (Å²) in [7, 11) is 0. The highest BCUT2D eigenvalue weighted by Gasteiger charge is 2.11. The Labute approximate surface area is 103 Å². The Morgan fingerprint density at radius 2 is 2.22 bits per heavy atom. The Hall–Kier alpha value is -2.24. The van der Waals surface area contributed by atoms with Crippen molar-refractivity contribution in [2.24, 2.45) is 0 Å². The van der Waals surface area contributed by atoms with Crippen molar-refractivity contribution in [3.05, 3.63) is 47.4 Å². The number of rotatable bonds is 4. The number of aryl methyl sites for hydroxylation is 1. The Balaban J connectivity index is 1.88. The quantitative estimate of drug-likeness (QED) is 0.774. The summed E-state index contributed by atoms with van der Waals surface area (Å²) in [5, 5.41) is 3.56. The predicted molar refractivity (Wildman–Crippen MR) is 58.9 cm³/mol. The molecule has 0 aliphatic heterocycles. The number of aromatic nitrogens is 2. The molecule has 0 bridgehead atoms. The Kier molecular flexibility index (Phi) is 3.66. The molecule has 2 aromatic rings. The molecule has 6 heteroatoms. The molecule has 0 amide bonds. The molecule has 0 fully saturated rings. The molecule has 0 saturated carbocycles. The van der Waals surface area contributed by atoms with E-state index in [1.807, 2.05) is 0 Å². The van der Waals surface area contributed by atoms with Gasteiger partial charge in [-0.05, 0) is 18.6 Å². The molecule has 0 aliphatic carbocycles. The number of nitrogens with zero attached hydrogens (tertiary/aromatic N) is 2. The molecule has 2 rings (SSSR count). The highest BCUT2D eigenvalue weighted by Crippen LogP contribution is 2.08. The highest BCUT2D eigenvalue weighted by atomic mass is 19.1. The lowest BCUT2D eigenvalue weighted by Gasteiger charge is -2.03. The van der Waals surface area contributed by atoms with Gasteiger partial charge < -0.3 is 9.26 Å². The van der Waals surface area contributed by atoms with Gasteiger partial charge in [0.15, 0.2) is 12.4 Å². The average Bonchev–Trinajstić information content (AvgIpc) is 2.76. The fourth-order valence-corrected chi connectivity index (χ4v) is 1.39. The minimum atomic E-state index is -0.545. The molecule has 5 nitrogen and oxygen atoms in total. The largest absolute Gasteiger partial charge is 0.455 e. The number of hydrogen-bond acceptors (Lipinski definition) is 5. The fourth-order valence-electron chi connectivity index (χ4n) is 1.39. The van der Waals surface area contributed by atoms with E-state index in [2.05, 4.69) is 10.1 Å². The van der Waals surface area contributed by atoms with Crippen LogP contribution in [0.5, 0.6) is 0 Å². The van der Waals surface area contributed by atoms with Crippen molar-refractivity contribution in [3.8, 4) is 0 Å². The monoisotopic (exact) mass is 250 g/mol. The van der Waals surface area contributed by atoms with E-state index in [0.717, 1.165) is 0 Å². The first-order valence-corrected chi connectivity index (χ1v) is 5.33. The van der Waals surface area contributed by atoms with Crippen LogP contribution in [0.25, 0.3) is 0 Å². The SMILES string of the molecule is Cc1noc(COC(=O)Cc2ccccc2F)n1. The summed E-state index contributed by atoms with van der Waals surface area (Å²) in [5.74, 6) is -0.288. The zero-order valence-electron chi connectivity index (χ0n) is 9.72. The first-order chi connectivity index (χ1) is 8.65. The maximum absolute atomic E-state index is 13.3. The summed E-state index contributed by atoms with van der Waals surface area (Å²) in [4.78, 5) is 15.3. The lowest BCUT2D eigenvalue weighted by molar-refractivity contribution is -0.144. The van der Waals surface area contributed by atoms with Crippen molar-refractivity contribution in [1.82, 2.24) is 10.1 Å². The van der Waals surface area contributed by atoms with Gasteiger partial charge in [0.2, 0.25) is 0 Å². The van der Waals surface area contributed by atoms with Gasteiger partial charge in [-0.25, -0.2) is 4.39 Å². The summed E-state index contributed by atoms with van der Waals surface area (Å²) in [6, 6.07) is 6.05. The van der Waals surface area contributed by atoms with Crippen molar-refractivity contribution in [3.63, 3.8) is 0 Å². The maximum atomic E-state index is 13.3. The van der Waals surface area contributed by atoms with Crippen LogP contribution in [0.2, 0.25) is 0 Å². The van der Waals surface area contributed by atoms with E-state index in [4.69, 9.17) is 9.26 Å². The molecule has 0 saturated heterocycles. The van der Waals surface area contributed by atoms with Crippen molar-refractivity contribution in [2.75, 3.05) is 0 Å². The average molecular weight is 250 g/mol. The van der Waals surface area contributed by atoms with E-state index in [-0.39, 0.29) is 18.9 Å². The Morgan fingerprint density at radius 3 is 2.89 bits per heavy atom. The molecular weight excluding hydrogens is 239 g/mol. The lowest BCUT2D eigenvalue weighted by Crippen LogP contribution is -2.09. The van der Waals surface area contributed by atoms with Crippen molar-refractivity contribution >= 4 is 5.97 Å². The van der Waals surface area contributed by atoms with Gasteiger partial charge in [0, 0.05) is 0 Å². The highest BCUT2D eigenvalue weighted by molar-refractivity contribution is 5.72. The van der Waals surface area contributed by atoms with E-state index >= 15 is 0 Å². The van der Waals surface area contributed by atoms with Crippen LogP contribution in [0.4, 0.5) is 4.39 Å². The summed E-state index contributed by atoms with van der Waals surface area (Å²) >= 11 is 0. The van der Waals surface area contributed by atoms with Crippen LogP contribution in [0.15, 0.2) is 28.8 Å². The van der Waals surface area contributed by atoms with E-state index in [1.165, 1.54) is 12.1 Å². The molecule has 0 unspecified atom stereocenters. The molecule has 18 heavy (non-hydrogen) atoms. The molecule has 1 aromatic heterocycles. The smallest absolute Gasteiger partial charge is 0.310 e. The number of hydrogen-bond donors (Lipinski definition) is 0. The van der Waals surface area contributed by atoms with E-state index < -0.39 is 11.8 Å².